The molecule has 0 saturated carbocycles. The van der Waals surface area contributed by atoms with Gasteiger partial charge in [-0.3, -0.25) is 19.2 Å². The number of aromatic amines is 4. The first-order valence-electron chi connectivity index (χ1n) is 49.6. The van der Waals surface area contributed by atoms with Crippen LogP contribution >= 0.6 is 0 Å². The van der Waals surface area contributed by atoms with Crippen LogP contribution in [0.2, 0.25) is 0 Å². The highest BCUT2D eigenvalue weighted by Crippen LogP contribution is 2.43. The molecule has 3 atom stereocenters. The Labute approximate surface area is 870 Å². The fraction of sp³-hybridized carbons (Fsp3) is 0.303. The summed E-state index contributed by atoms with van der Waals surface area (Å²) in [4.78, 5) is 116. The maximum absolute atomic E-state index is 13.4. The third-order valence-electron chi connectivity index (χ3n) is 28.6. The zero-order valence-electron chi connectivity index (χ0n) is 82.7. The van der Waals surface area contributed by atoms with Gasteiger partial charge in [-0.1, -0.05) is 56.0 Å². The van der Waals surface area contributed by atoms with Crippen molar-refractivity contribution in [1.29, 1.82) is 0 Å². The quantitative estimate of drug-likeness (QED) is 0.0301. The molecule has 0 spiro atoms. The molecule has 0 bridgehead atoms. The SMILES string of the molecule is C.CC(C)S(=O)(=O)c1ccc(-c2cnc3[nH]cc(N4Cc5cc(N6CC[C@@H](N)C6)ccc5C4=O)c3n2)cc1.CC(C)S(=O)(=O)c1ccc(-c2cnc3[nH]cc(N4Cc5cc(N6CC[C@H](N)C6)ccc5C4=O)c3n2)cc1.CC(C)S(=O)(=O)c1ccc(-c2cnc3[nH]cc(N4Cc5cc(NC6CCCNC6)ccc5C4=O)c3n2)cc1.CC(C)S(=O)(=O)c1ccc(-c2cnc3[nH]cc(N4Cc5cc(NC6CNC6)ccc5C4=O)c3n2)cc1.[HH].[HH].[HH].[HH].[HH]. The van der Waals surface area contributed by atoms with Crippen LogP contribution in [0, 0.1) is 0 Å². The van der Waals surface area contributed by atoms with Crippen LogP contribution in [0.5, 0.6) is 0 Å². The summed E-state index contributed by atoms with van der Waals surface area (Å²) in [5.74, 6) is -0.285. The standard InChI is InChI=1S/C28H30N6O3S.2C27H28N6O3S.C26H26N6O3S.CH4.5H2/c1-17(2)38(36,37)22-8-5-18(6-9-22)24-14-30-27-26(33-24)25(15-31-27)34-16-19-12-20(7-10-23(19)28(34)35)32-21-4-3-11-29-13-21;2*1-16(2)37(35,36)21-6-3-17(4-7-21)23-12-29-26-25(31-23)24(13-30-26)33-14-18-11-20(5-8-22(18)27(33)34)32-10-9-19(28)15-32;1-15(2)36(34,35)20-6-3-16(4-7-20)22-12-28-25-24(31-22)23(13-29-25)32-14-17-9-18(30-19-10-27-11-19)5-8-21(17)26(32)33;;;;;;/h5-10,12,14-15,17,21,29,32H,3-4,11,13,16H2,1-2H3,(H,30,31);2*3-8,11-13,16,19H,9-10,14-15,28H2,1-2H3,(H,29,30);3-9,12-13,15,19,27,30H,10-11,14H2,1-2H3,(H,28,29);1H4;5*1H/t;2*19-;;;;;;;/m.10......./s1. The number of sulfone groups is 4. The predicted octanol–water partition coefficient (Wildman–Crippen LogP) is 16.4. The van der Waals surface area contributed by atoms with E-state index >= 15 is 0 Å². The topological polar surface area (TPSA) is 491 Å². The van der Waals surface area contributed by atoms with E-state index in [0.717, 1.165) is 145 Å². The number of fused-ring (bicyclic) bond motifs is 8. The summed E-state index contributed by atoms with van der Waals surface area (Å²) in [6.45, 7) is 22.5. The number of hydrogen-bond acceptors (Lipinski definition) is 28. The Hall–Kier alpha value is -15.0. The number of amides is 4. The second kappa shape index (κ2) is 40.5. The third-order valence-corrected chi connectivity index (χ3v) is 37.3. The molecule has 40 heteroatoms. The van der Waals surface area contributed by atoms with Gasteiger partial charge in [0.1, 0.15) is 22.1 Å². The smallest absolute Gasteiger partial charge is 0.259 e. The van der Waals surface area contributed by atoms with Crippen molar-refractivity contribution in [2.75, 3.05) is 92.4 Å². The summed E-state index contributed by atoms with van der Waals surface area (Å²) in [7, 11) is -13.4. The molecule has 0 radical (unpaired) electrons. The largest absolute Gasteiger partial charge is 0.381 e. The van der Waals surface area contributed by atoms with E-state index in [1.54, 1.807) is 222 Å². The fourth-order valence-electron chi connectivity index (χ4n) is 19.7. The van der Waals surface area contributed by atoms with Gasteiger partial charge in [-0.2, -0.15) is 0 Å². The first-order chi connectivity index (χ1) is 71.1. The van der Waals surface area contributed by atoms with Crippen LogP contribution < -0.4 is 62.1 Å². The molecule has 1 unspecified atom stereocenters. The lowest BCUT2D eigenvalue weighted by molar-refractivity contribution is 0.0989. The zero-order chi connectivity index (χ0) is 103. The molecule has 8 aliphatic rings. The second-order valence-electron chi connectivity index (χ2n) is 39.6. The molecule has 8 aliphatic heterocycles. The van der Waals surface area contributed by atoms with Gasteiger partial charge in [-0.15, -0.1) is 0 Å². The highest BCUT2D eigenvalue weighted by atomic mass is 32.2. The second-order valence-corrected chi connectivity index (χ2v) is 49.7. The van der Waals surface area contributed by atoms with Gasteiger partial charge in [0.15, 0.2) is 61.9 Å². The van der Waals surface area contributed by atoms with Crippen LogP contribution in [-0.2, 0) is 65.5 Å². The Balaban J connectivity index is 0.000000151. The first kappa shape index (κ1) is 101. The number of piperidine rings is 1. The molecule has 778 valence electrons. The van der Waals surface area contributed by atoms with Crippen LogP contribution in [0.3, 0.4) is 0 Å². The number of nitrogens with one attached hydrogen (secondary N) is 8. The number of carbonyl (C=O) groups excluding carboxylic acids is 4. The molecule has 8 aromatic carbocycles. The average molecular weight is 2090 g/mol. The summed E-state index contributed by atoms with van der Waals surface area (Å²) >= 11 is 0. The lowest BCUT2D eigenvalue weighted by atomic mass is 10.1. The fourth-order valence-corrected chi connectivity index (χ4v) is 24.0. The van der Waals surface area contributed by atoms with Gasteiger partial charge >= 0.3 is 0 Å². The maximum atomic E-state index is 13.4. The molecule has 4 amide bonds. The van der Waals surface area contributed by atoms with Crippen molar-refractivity contribution in [3.63, 3.8) is 0 Å². The van der Waals surface area contributed by atoms with E-state index in [1.165, 1.54) is 0 Å². The highest BCUT2D eigenvalue weighted by molar-refractivity contribution is 7.93. The summed E-state index contributed by atoms with van der Waals surface area (Å²) in [6.07, 6.45) is 17.8. The van der Waals surface area contributed by atoms with Crippen molar-refractivity contribution < 1.29 is 60.0 Å². The van der Waals surface area contributed by atoms with Gasteiger partial charge in [-0.05, 0) is 231 Å². The molecule has 8 aromatic heterocycles. The van der Waals surface area contributed by atoms with E-state index in [0.29, 0.717) is 151 Å². The van der Waals surface area contributed by atoms with Gasteiger partial charge in [0.25, 0.3) is 23.6 Å². The van der Waals surface area contributed by atoms with Crippen LogP contribution in [-0.4, -0.2) is 215 Å². The molecule has 16 heterocycles. The minimum Gasteiger partial charge on any atom is -0.381 e. The van der Waals surface area contributed by atoms with Gasteiger partial charge in [-0.25, -0.2) is 73.5 Å². The van der Waals surface area contributed by atoms with E-state index in [4.69, 9.17) is 31.4 Å². The van der Waals surface area contributed by atoms with Gasteiger partial charge in [0.05, 0.1) is 143 Å². The molecular formula is C109H126N24O12S4. The third kappa shape index (κ3) is 19.6. The number of nitrogens with zero attached hydrogens (tertiary/aromatic N) is 14. The summed E-state index contributed by atoms with van der Waals surface area (Å²) in [5.41, 5.74) is 35.7. The number of hydrogen-bond donors (Lipinski definition) is 10. The van der Waals surface area contributed by atoms with Crippen LogP contribution in [0.25, 0.3) is 89.7 Å². The molecular weight excluding hydrogens is 1970 g/mol. The number of rotatable bonds is 22. The van der Waals surface area contributed by atoms with Gasteiger partial charge in [0, 0.05) is 163 Å². The lowest BCUT2D eigenvalue weighted by Crippen LogP contribution is -2.51. The molecule has 16 aromatic rings. The first-order valence-corrected chi connectivity index (χ1v) is 55.7. The summed E-state index contributed by atoms with van der Waals surface area (Å²) in [6, 6.07) is 51.6. The number of nitrogens with two attached hydrogens (primary N) is 2. The maximum Gasteiger partial charge on any atom is 0.259 e. The zero-order valence-corrected chi connectivity index (χ0v) is 85.9. The Morgan fingerprint density at radius 2 is 0.624 bits per heavy atom. The van der Waals surface area contributed by atoms with Crippen molar-refractivity contribution in [1.82, 2.24) is 70.4 Å². The number of carbonyl (C=O) groups is 4. The molecule has 24 rings (SSSR count). The van der Waals surface area contributed by atoms with Crippen LogP contribution in [0.4, 0.5) is 45.5 Å². The molecule has 36 nitrogen and oxygen atoms in total. The minimum atomic E-state index is -3.36. The number of benzene rings is 8. The molecule has 12 N–H and O–H groups in total. The molecule has 4 fully saturated rings. The predicted molar refractivity (Wildman–Crippen MR) is 591 cm³/mol. The van der Waals surface area contributed by atoms with E-state index in [-0.39, 0.29) is 69.9 Å². The molecule has 4 saturated heterocycles. The van der Waals surface area contributed by atoms with Crippen molar-refractivity contribution in [3.8, 4) is 45.0 Å². The van der Waals surface area contributed by atoms with Crippen molar-refractivity contribution in [2.45, 2.75) is 179 Å². The Kier molecular flexibility index (Phi) is 27.5. The van der Waals surface area contributed by atoms with Gasteiger partial charge < -0.3 is 82.1 Å². The van der Waals surface area contributed by atoms with Crippen molar-refractivity contribution in [2.24, 2.45) is 11.5 Å². The average Bonchev–Trinajstić information content (AvgIpc) is 1.61. The van der Waals surface area contributed by atoms with E-state index in [9.17, 15) is 52.8 Å². The van der Waals surface area contributed by atoms with Gasteiger partial charge in [0.2, 0.25) is 0 Å². The monoisotopic (exact) mass is 2090 g/mol. The normalized spacial score (nSPS) is 17.3. The van der Waals surface area contributed by atoms with Crippen LogP contribution in [0.1, 0.15) is 159 Å². The van der Waals surface area contributed by atoms with Crippen LogP contribution in [0.15, 0.2) is 239 Å². The highest BCUT2D eigenvalue weighted by Gasteiger charge is 2.39. The van der Waals surface area contributed by atoms with Crippen molar-refractivity contribution in [3.05, 3.63) is 264 Å². The Morgan fingerprint density at radius 3 is 0.879 bits per heavy atom. The Bertz CT molecular complexity index is 8210. The Morgan fingerprint density at radius 1 is 0.349 bits per heavy atom. The number of anilines is 8. The van der Waals surface area contributed by atoms with E-state index in [1.807, 2.05) is 54.6 Å². The molecule has 149 heavy (non-hydrogen) atoms. The number of H-pyrrole nitrogens is 4. The lowest BCUT2D eigenvalue weighted by Gasteiger charge is -2.29. The number of aromatic nitrogens is 12. The molecule has 0 aliphatic carbocycles. The van der Waals surface area contributed by atoms with Crippen molar-refractivity contribution >= 4 is 153 Å². The van der Waals surface area contributed by atoms with E-state index < -0.39 is 60.3 Å². The summed E-state index contributed by atoms with van der Waals surface area (Å²) in [5, 5.41) is 11.8. The van der Waals surface area contributed by atoms with E-state index in [2.05, 4.69) is 89.1 Å². The summed E-state index contributed by atoms with van der Waals surface area (Å²) < 4.78 is 99.7. The minimum absolute atomic E-state index is 0.